The molecular formula is C20H18FN3O3. The lowest BCUT2D eigenvalue weighted by Crippen LogP contribution is -2.17. The van der Waals surface area contributed by atoms with Gasteiger partial charge < -0.3 is 15.6 Å². The quantitative estimate of drug-likeness (QED) is 0.647. The zero-order chi connectivity index (χ0) is 19.4. The van der Waals surface area contributed by atoms with Gasteiger partial charge in [0, 0.05) is 30.3 Å². The number of amides is 2. The fourth-order valence-electron chi connectivity index (χ4n) is 2.75. The van der Waals surface area contributed by atoms with Crippen LogP contribution >= 0.6 is 0 Å². The van der Waals surface area contributed by atoms with E-state index >= 15 is 0 Å². The SMILES string of the molecule is CC(=O)Nc1cccc(NC(=O)CCc2cc3ccc(F)cc3[nH]c2=O)c1. The van der Waals surface area contributed by atoms with Gasteiger partial charge in [-0.05, 0) is 54.3 Å². The number of carbonyl (C=O) groups is 2. The van der Waals surface area contributed by atoms with Gasteiger partial charge in [0.15, 0.2) is 0 Å². The zero-order valence-corrected chi connectivity index (χ0v) is 14.6. The van der Waals surface area contributed by atoms with Gasteiger partial charge in [-0.2, -0.15) is 0 Å². The molecule has 0 bridgehead atoms. The molecule has 0 aliphatic heterocycles. The Morgan fingerprint density at radius 3 is 2.52 bits per heavy atom. The summed E-state index contributed by atoms with van der Waals surface area (Å²) in [4.78, 5) is 38.0. The average Bonchev–Trinajstić information content (AvgIpc) is 2.59. The molecule has 138 valence electrons. The van der Waals surface area contributed by atoms with Gasteiger partial charge in [-0.15, -0.1) is 0 Å². The van der Waals surface area contributed by atoms with Crippen LogP contribution in [0.4, 0.5) is 15.8 Å². The summed E-state index contributed by atoms with van der Waals surface area (Å²) in [6.07, 6.45) is 0.361. The Balaban J connectivity index is 1.66. The molecule has 0 unspecified atom stereocenters. The summed E-state index contributed by atoms with van der Waals surface area (Å²) in [5, 5.41) is 6.08. The van der Waals surface area contributed by atoms with E-state index < -0.39 is 5.82 Å². The monoisotopic (exact) mass is 367 g/mol. The minimum Gasteiger partial charge on any atom is -0.326 e. The highest BCUT2D eigenvalue weighted by Gasteiger charge is 2.08. The van der Waals surface area contributed by atoms with E-state index in [9.17, 15) is 18.8 Å². The predicted octanol–water partition coefficient (Wildman–Crippen LogP) is 3.20. The molecule has 0 atom stereocenters. The average molecular weight is 367 g/mol. The van der Waals surface area contributed by atoms with Gasteiger partial charge in [0.05, 0.1) is 5.52 Å². The largest absolute Gasteiger partial charge is 0.326 e. The summed E-state index contributed by atoms with van der Waals surface area (Å²) in [5.41, 5.74) is 1.67. The maximum atomic E-state index is 13.2. The number of aryl methyl sites for hydroxylation is 1. The number of aromatic nitrogens is 1. The van der Waals surface area contributed by atoms with E-state index in [1.54, 1.807) is 36.4 Å². The van der Waals surface area contributed by atoms with E-state index in [1.807, 2.05) is 0 Å². The summed E-state index contributed by atoms with van der Waals surface area (Å²) in [7, 11) is 0. The third kappa shape index (κ3) is 4.78. The van der Waals surface area contributed by atoms with Crippen LogP contribution in [-0.4, -0.2) is 16.8 Å². The number of carbonyl (C=O) groups excluding carboxylic acids is 2. The van der Waals surface area contributed by atoms with Crippen LogP contribution in [0.25, 0.3) is 10.9 Å². The molecule has 2 aromatic carbocycles. The number of rotatable bonds is 5. The second-order valence-corrected chi connectivity index (χ2v) is 6.17. The highest BCUT2D eigenvalue weighted by Crippen LogP contribution is 2.16. The van der Waals surface area contributed by atoms with Crippen molar-refractivity contribution in [2.75, 3.05) is 10.6 Å². The first kappa shape index (κ1) is 18.3. The van der Waals surface area contributed by atoms with Crippen molar-refractivity contribution in [1.82, 2.24) is 4.98 Å². The number of fused-ring (bicyclic) bond motifs is 1. The number of H-pyrrole nitrogens is 1. The third-order valence-electron chi connectivity index (χ3n) is 3.97. The maximum absolute atomic E-state index is 13.2. The maximum Gasteiger partial charge on any atom is 0.251 e. The number of nitrogens with one attached hydrogen (secondary N) is 3. The molecule has 1 heterocycles. The highest BCUT2D eigenvalue weighted by molar-refractivity contribution is 5.93. The van der Waals surface area contributed by atoms with Crippen LogP contribution in [0.2, 0.25) is 0 Å². The molecule has 3 aromatic rings. The summed E-state index contributed by atoms with van der Waals surface area (Å²) < 4.78 is 13.2. The molecule has 0 aliphatic carbocycles. The van der Waals surface area contributed by atoms with Gasteiger partial charge in [0.25, 0.3) is 5.56 Å². The molecule has 3 rings (SSSR count). The Bertz CT molecular complexity index is 1080. The molecule has 27 heavy (non-hydrogen) atoms. The molecule has 0 spiro atoms. The molecule has 0 saturated heterocycles. The normalized spacial score (nSPS) is 10.6. The second kappa shape index (κ2) is 7.82. The van der Waals surface area contributed by atoms with Crippen molar-refractivity contribution in [3.63, 3.8) is 0 Å². The minimum atomic E-state index is -0.424. The molecule has 0 fully saturated rings. The summed E-state index contributed by atoms with van der Waals surface area (Å²) in [6.45, 7) is 1.40. The van der Waals surface area contributed by atoms with Crippen molar-refractivity contribution in [1.29, 1.82) is 0 Å². The van der Waals surface area contributed by atoms with Crippen LogP contribution in [0.1, 0.15) is 18.9 Å². The summed E-state index contributed by atoms with van der Waals surface area (Å²) in [5.74, 6) is -0.880. The highest BCUT2D eigenvalue weighted by atomic mass is 19.1. The van der Waals surface area contributed by atoms with Crippen LogP contribution < -0.4 is 16.2 Å². The molecular weight excluding hydrogens is 349 g/mol. The Morgan fingerprint density at radius 1 is 1.04 bits per heavy atom. The van der Waals surface area contributed by atoms with Crippen molar-refractivity contribution in [3.05, 3.63) is 70.3 Å². The van der Waals surface area contributed by atoms with Crippen molar-refractivity contribution in [3.8, 4) is 0 Å². The van der Waals surface area contributed by atoms with Crippen LogP contribution in [-0.2, 0) is 16.0 Å². The number of anilines is 2. The third-order valence-corrected chi connectivity index (χ3v) is 3.97. The van der Waals surface area contributed by atoms with E-state index in [4.69, 9.17) is 0 Å². The van der Waals surface area contributed by atoms with E-state index in [0.29, 0.717) is 27.8 Å². The fourth-order valence-corrected chi connectivity index (χ4v) is 2.75. The lowest BCUT2D eigenvalue weighted by molar-refractivity contribution is -0.116. The van der Waals surface area contributed by atoms with E-state index in [-0.39, 0.29) is 30.2 Å². The van der Waals surface area contributed by atoms with Gasteiger partial charge in [-0.25, -0.2) is 4.39 Å². The first-order valence-electron chi connectivity index (χ1n) is 8.40. The Labute approximate surface area is 154 Å². The van der Waals surface area contributed by atoms with Crippen molar-refractivity contribution >= 4 is 34.1 Å². The molecule has 7 heteroatoms. The van der Waals surface area contributed by atoms with Gasteiger partial charge >= 0.3 is 0 Å². The minimum absolute atomic E-state index is 0.111. The van der Waals surface area contributed by atoms with Gasteiger partial charge in [0.2, 0.25) is 11.8 Å². The zero-order valence-electron chi connectivity index (χ0n) is 14.6. The molecule has 6 nitrogen and oxygen atoms in total. The lowest BCUT2D eigenvalue weighted by Gasteiger charge is -2.08. The number of hydrogen-bond donors (Lipinski definition) is 3. The Kier molecular flexibility index (Phi) is 5.30. The van der Waals surface area contributed by atoms with Crippen molar-refractivity contribution in [2.24, 2.45) is 0 Å². The first-order chi connectivity index (χ1) is 12.9. The van der Waals surface area contributed by atoms with E-state index in [2.05, 4.69) is 15.6 Å². The Morgan fingerprint density at radius 2 is 1.78 bits per heavy atom. The number of pyridine rings is 1. The first-order valence-corrected chi connectivity index (χ1v) is 8.40. The molecule has 3 N–H and O–H groups in total. The number of hydrogen-bond acceptors (Lipinski definition) is 3. The lowest BCUT2D eigenvalue weighted by atomic mass is 10.1. The number of halogens is 1. The van der Waals surface area contributed by atoms with Crippen LogP contribution in [0.3, 0.4) is 0 Å². The number of benzene rings is 2. The fraction of sp³-hybridized carbons (Fsp3) is 0.150. The van der Waals surface area contributed by atoms with Crippen molar-refractivity contribution in [2.45, 2.75) is 19.8 Å². The predicted molar refractivity (Wildman–Crippen MR) is 102 cm³/mol. The van der Waals surface area contributed by atoms with Crippen LogP contribution in [0, 0.1) is 5.82 Å². The molecule has 0 saturated carbocycles. The van der Waals surface area contributed by atoms with Gasteiger partial charge in [-0.1, -0.05) is 6.07 Å². The number of aromatic amines is 1. The topological polar surface area (TPSA) is 91.1 Å². The van der Waals surface area contributed by atoms with Crippen LogP contribution in [0.5, 0.6) is 0 Å². The van der Waals surface area contributed by atoms with Crippen LogP contribution in [0.15, 0.2) is 53.3 Å². The molecule has 2 amide bonds. The molecule has 0 aliphatic rings. The molecule has 1 aromatic heterocycles. The molecule has 0 radical (unpaired) electrons. The second-order valence-electron chi connectivity index (χ2n) is 6.17. The standard InChI is InChI=1S/C20H18FN3O3/c1-12(25)22-16-3-2-4-17(11-16)23-19(26)8-6-14-9-13-5-7-15(21)10-18(13)24-20(14)27/h2-5,7,9-11H,6,8H2,1H3,(H,22,25)(H,23,26)(H,24,27). The summed E-state index contributed by atoms with van der Waals surface area (Å²) in [6, 6.07) is 12.6. The summed E-state index contributed by atoms with van der Waals surface area (Å²) >= 11 is 0. The Hall–Kier alpha value is -3.48. The van der Waals surface area contributed by atoms with E-state index in [1.165, 1.54) is 19.1 Å². The van der Waals surface area contributed by atoms with Crippen molar-refractivity contribution < 1.29 is 14.0 Å². The van der Waals surface area contributed by atoms with E-state index in [0.717, 1.165) is 0 Å². The van der Waals surface area contributed by atoms with Gasteiger partial charge in [-0.3, -0.25) is 14.4 Å². The smallest absolute Gasteiger partial charge is 0.251 e. The van der Waals surface area contributed by atoms with Gasteiger partial charge in [0.1, 0.15) is 5.82 Å².